The van der Waals surface area contributed by atoms with E-state index in [-0.39, 0.29) is 0 Å². The highest BCUT2D eigenvalue weighted by Crippen LogP contribution is 2.39. The van der Waals surface area contributed by atoms with Crippen LogP contribution in [0.15, 0.2) is 64.4 Å². The molecule has 3 aromatic heterocycles. The fourth-order valence-electron chi connectivity index (χ4n) is 3.64. The van der Waals surface area contributed by atoms with Crippen LogP contribution in [0, 0.1) is 13.8 Å². The second-order valence-corrected chi connectivity index (χ2v) is 11.0. The van der Waals surface area contributed by atoms with Crippen LogP contribution in [0.25, 0.3) is 33.1 Å². The number of halogens is 1. The summed E-state index contributed by atoms with van der Waals surface area (Å²) in [6.07, 6.45) is 0. The lowest BCUT2D eigenvalue weighted by Crippen LogP contribution is -1.96. The van der Waals surface area contributed by atoms with Gasteiger partial charge in [0.2, 0.25) is 0 Å². The van der Waals surface area contributed by atoms with Gasteiger partial charge in [-0.25, -0.2) is 4.98 Å². The zero-order valence-corrected chi connectivity index (χ0v) is 21.6. The standard InChI is InChI=1S/C25H21ClN4S3/c1-15-8-10-17(11-9-15)22-16(2)31-14-20(22)23-28-29-25(30(23)3)33-13-18-12-32-24(27-18)19-6-4-5-7-21(19)26/h4-12,14H,13H2,1-3H3. The lowest BCUT2D eigenvalue weighted by Gasteiger charge is -2.07. The summed E-state index contributed by atoms with van der Waals surface area (Å²) < 4.78 is 2.07. The molecule has 0 atom stereocenters. The summed E-state index contributed by atoms with van der Waals surface area (Å²) in [5.41, 5.74) is 6.80. The molecule has 5 rings (SSSR count). The minimum absolute atomic E-state index is 0.722. The summed E-state index contributed by atoms with van der Waals surface area (Å²) in [4.78, 5) is 6.05. The first-order valence-corrected chi connectivity index (χ1v) is 13.5. The van der Waals surface area contributed by atoms with Gasteiger partial charge in [-0.15, -0.1) is 32.9 Å². The highest BCUT2D eigenvalue weighted by Gasteiger charge is 2.19. The van der Waals surface area contributed by atoms with Gasteiger partial charge in [0.05, 0.1) is 10.7 Å². The van der Waals surface area contributed by atoms with E-state index in [2.05, 4.69) is 63.6 Å². The summed E-state index contributed by atoms with van der Waals surface area (Å²) >= 11 is 11.3. The highest BCUT2D eigenvalue weighted by atomic mass is 35.5. The normalized spacial score (nSPS) is 11.3. The van der Waals surface area contributed by atoms with E-state index < -0.39 is 0 Å². The van der Waals surface area contributed by atoms with E-state index in [1.54, 1.807) is 34.4 Å². The quantitative estimate of drug-likeness (QED) is 0.219. The van der Waals surface area contributed by atoms with E-state index in [1.807, 2.05) is 31.3 Å². The summed E-state index contributed by atoms with van der Waals surface area (Å²) in [6, 6.07) is 16.5. The average molecular weight is 509 g/mol. The predicted molar refractivity (Wildman–Crippen MR) is 141 cm³/mol. The minimum Gasteiger partial charge on any atom is -0.305 e. The first-order chi connectivity index (χ1) is 16.0. The number of hydrogen-bond acceptors (Lipinski definition) is 6. The Labute approximate surface area is 210 Å². The topological polar surface area (TPSA) is 43.6 Å². The van der Waals surface area contributed by atoms with Gasteiger partial charge in [-0.05, 0) is 25.5 Å². The van der Waals surface area contributed by atoms with E-state index in [0.29, 0.717) is 0 Å². The van der Waals surface area contributed by atoms with Crippen LogP contribution in [0.4, 0.5) is 0 Å². The van der Waals surface area contributed by atoms with Gasteiger partial charge in [0.1, 0.15) is 5.01 Å². The molecule has 0 amide bonds. The van der Waals surface area contributed by atoms with Crippen LogP contribution in [0.1, 0.15) is 16.1 Å². The number of aromatic nitrogens is 4. The SMILES string of the molecule is Cc1ccc(-c2c(-c3nnc(SCc4csc(-c5ccccc5Cl)n4)n3C)csc2C)cc1. The van der Waals surface area contributed by atoms with E-state index in [9.17, 15) is 0 Å². The summed E-state index contributed by atoms with van der Waals surface area (Å²) in [7, 11) is 2.03. The highest BCUT2D eigenvalue weighted by molar-refractivity contribution is 7.98. The van der Waals surface area contributed by atoms with Crippen molar-refractivity contribution in [1.82, 2.24) is 19.7 Å². The first kappa shape index (κ1) is 22.3. The number of hydrogen-bond donors (Lipinski definition) is 0. The Bertz CT molecular complexity index is 1420. The van der Waals surface area contributed by atoms with Gasteiger partial charge in [0.15, 0.2) is 11.0 Å². The van der Waals surface area contributed by atoms with Crippen molar-refractivity contribution >= 4 is 46.0 Å². The smallest absolute Gasteiger partial charge is 0.191 e. The van der Waals surface area contributed by atoms with Crippen molar-refractivity contribution in [2.24, 2.45) is 7.05 Å². The second-order valence-electron chi connectivity index (χ2n) is 7.72. The maximum absolute atomic E-state index is 6.33. The third kappa shape index (κ3) is 4.51. The van der Waals surface area contributed by atoms with Crippen LogP contribution < -0.4 is 0 Å². The minimum atomic E-state index is 0.722. The first-order valence-electron chi connectivity index (χ1n) is 10.4. The molecule has 166 valence electrons. The average Bonchev–Trinajstić information content (AvgIpc) is 3.52. The number of thiazole rings is 1. The Hall–Kier alpha value is -2.45. The lowest BCUT2D eigenvalue weighted by molar-refractivity contribution is 0.794. The van der Waals surface area contributed by atoms with Crippen molar-refractivity contribution in [2.75, 3.05) is 0 Å². The van der Waals surface area contributed by atoms with E-state index in [1.165, 1.54) is 21.6 Å². The van der Waals surface area contributed by atoms with Gasteiger partial charge in [0.25, 0.3) is 0 Å². The molecule has 3 heterocycles. The molecule has 8 heteroatoms. The molecule has 0 fully saturated rings. The summed E-state index contributed by atoms with van der Waals surface area (Å²) in [5, 5.41) is 15.8. The van der Waals surface area contributed by atoms with Crippen molar-refractivity contribution in [3.63, 3.8) is 0 Å². The Morgan fingerprint density at radius 3 is 2.52 bits per heavy atom. The number of rotatable bonds is 6. The molecule has 5 aromatic rings. The molecule has 0 spiro atoms. The van der Waals surface area contributed by atoms with Crippen LogP contribution in [0.3, 0.4) is 0 Å². The number of benzene rings is 2. The Morgan fingerprint density at radius 2 is 1.73 bits per heavy atom. The maximum Gasteiger partial charge on any atom is 0.191 e. The van der Waals surface area contributed by atoms with Gasteiger partial charge >= 0.3 is 0 Å². The van der Waals surface area contributed by atoms with E-state index in [0.717, 1.165) is 43.6 Å². The van der Waals surface area contributed by atoms with Crippen molar-refractivity contribution in [2.45, 2.75) is 24.8 Å². The lowest BCUT2D eigenvalue weighted by atomic mass is 10.0. The largest absolute Gasteiger partial charge is 0.305 e. The van der Waals surface area contributed by atoms with Crippen molar-refractivity contribution in [3.05, 3.63) is 80.4 Å². The Kier molecular flexibility index (Phi) is 6.38. The molecule has 2 aromatic carbocycles. The van der Waals surface area contributed by atoms with Gasteiger partial charge < -0.3 is 4.57 Å². The number of aryl methyl sites for hydroxylation is 2. The molecular formula is C25H21ClN4S3. The van der Waals surface area contributed by atoms with E-state index in [4.69, 9.17) is 16.6 Å². The molecule has 33 heavy (non-hydrogen) atoms. The van der Waals surface area contributed by atoms with Gasteiger partial charge in [-0.1, -0.05) is 71.4 Å². The van der Waals surface area contributed by atoms with Gasteiger partial charge in [-0.3, -0.25) is 0 Å². The molecule has 0 unspecified atom stereocenters. The van der Waals surface area contributed by atoms with Crippen LogP contribution >= 0.6 is 46.0 Å². The molecule has 0 radical (unpaired) electrons. The monoisotopic (exact) mass is 508 g/mol. The second kappa shape index (κ2) is 9.43. The fraction of sp³-hybridized carbons (Fsp3) is 0.160. The third-order valence-corrected chi connectivity index (χ3v) is 8.62. The molecule has 0 N–H and O–H groups in total. The molecule has 0 aliphatic rings. The Morgan fingerprint density at radius 1 is 0.939 bits per heavy atom. The fourth-order valence-corrected chi connectivity index (χ4v) is 6.56. The van der Waals surface area contributed by atoms with E-state index >= 15 is 0 Å². The zero-order valence-electron chi connectivity index (χ0n) is 18.4. The third-order valence-electron chi connectivity index (χ3n) is 5.40. The molecular weight excluding hydrogens is 488 g/mol. The van der Waals surface area contributed by atoms with Crippen LogP contribution in [0.2, 0.25) is 5.02 Å². The molecule has 0 aliphatic carbocycles. The molecule has 0 saturated heterocycles. The maximum atomic E-state index is 6.33. The number of thioether (sulfide) groups is 1. The predicted octanol–water partition coefficient (Wildman–Crippen LogP) is 7.90. The van der Waals surface area contributed by atoms with Crippen LogP contribution in [-0.4, -0.2) is 19.7 Å². The van der Waals surface area contributed by atoms with Crippen LogP contribution in [-0.2, 0) is 12.8 Å². The van der Waals surface area contributed by atoms with Crippen molar-refractivity contribution in [3.8, 4) is 33.1 Å². The summed E-state index contributed by atoms with van der Waals surface area (Å²) in [6.45, 7) is 4.27. The van der Waals surface area contributed by atoms with Gasteiger partial charge in [0, 0.05) is 45.1 Å². The molecule has 4 nitrogen and oxygen atoms in total. The number of nitrogens with zero attached hydrogens (tertiary/aromatic N) is 4. The number of thiophene rings is 1. The van der Waals surface area contributed by atoms with Gasteiger partial charge in [-0.2, -0.15) is 0 Å². The van der Waals surface area contributed by atoms with Crippen molar-refractivity contribution < 1.29 is 0 Å². The molecule has 0 bridgehead atoms. The molecule has 0 aliphatic heterocycles. The molecule has 0 saturated carbocycles. The Balaban J connectivity index is 1.37. The zero-order chi connectivity index (χ0) is 22.9. The summed E-state index contributed by atoms with van der Waals surface area (Å²) in [5.74, 6) is 1.60. The van der Waals surface area contributed by atoms with Crippen molar-refractivity contribution in [1.29, 1.82) is 0 Å². The van der Waals surface area contributed by atoms with Crippen LogP contribution in [0.5, 0.6) is 0 Å².